The summed E-state index contributed by atoms with van der Waals surface area (Å²) < 4.78 is 0. The van der Waals surface area contributed by atoms with E-state index in [1.165, 1.54) is 11.4 Å². The van der Waals surface area contributed by atoms with Crippen LogP contribution in [0, 0.1) is 0 Å². The zero-order chi connectivity index (χ0) is 21.5. The van der Waals surface area contributed by atoms with E-state index in [0.29, 0.717) is 0 Å². The molecule has 0 heterocycles. The molecule has 0 aliphatic heterocycles. The predicted octanol–water partition coefficient (Wildman–Crippen LogP) is 8.14. The van der Waals surface area contributed by atoms with E-state index in [4.69, 9.17) is 11.6 Å². The maximum Gasteiger partial charge on any atom is 0.0463 e. The molecule has 0 bridgehead atoms. The van der Waals surface area contributed by atoms with Crippen LogP contribution in [0.25, 0.3) is 0 Å². The molecule has 4 heteroatoms. The van der Waals surface area contributed by atoms with E-state index in [9.17, 15) is 0 Å². The lowest BCUT2D eigenvalue weighted by Crippen LogP contribution is -2.22. The summed E-state index contributed by atoms with van der Waals surface area (Å²) in [6.07, 6.45) is 0. The summed E-state index contributed by atoms with van der Waals surface area (Å²) in [5.74, 6) is 0. The Bertz CT molecular complexity index is 841. The Balaban J connectivity index is 0.00000341. The van der Waals surface area contributed by atoms with Gasteiger partial charge in [-0.05, 0) is 100 Å². The molecule has 0 amide bonds. The molecule has 0 aliphatic rings. The molecule has 3 rings (SSSR count). The third-order valence-corrected chi connectivity index (χ3v) is 5.81. The first-order chi connectivity index (χ1) is 14.6. The van der Waals surface area contributed by atoms with Gasteiger partial charge in [-0.15, -0.1) is 0 Å². The predicted molar refractivity (Wildman–Crippen MR) is 140 cm³/mol. The zero-order valence-corrected chi connectivity index (χ0v) is 19.2. The lowest BCUT2D eigenvalue weighted by Gasteiger charge is -2.28. The summed E-state index contributed by atoms with van der Waals surface area (Å²) in [5.41, 5.74) is 5.84. The molecule has 0 unspecified atom stereocenters. The third kappa shape index (κ3) is 5.74. The van der Waals surface area contributed by atoms with Gasteiger partial charge in [-0.3, -0.25) is 0 Å². The highest BCUT2D eigenvalue weighted by Gasteiger charge is 2.14. The average Bonchev–Trinajstić information content (AvgIpc) is 2.79. The van der Waals surface area contributed by atoms with Crippen LogP contribution in [0.2, 0.25) is 5.02 Å². The van der Waals surface area contributed by atoms with Crippen LogP contribution in [0.3, 0.4) is 0 Å². The van der Waals surface area contributed by atoms with Crippen LogP contribution in [0.15, 0.2) is 72.8 Å². The average molecular weight is 438 g/mol. The smallest absolute Gasteiger partial charge is 0.0463 e. The quantitative estimate of drug-likeness (QED) is 0.334. The van der Waals surface area contributed by atoms with Crippen molar-refractivity contribution in [2.75, 3.05) is 40.9 Å². The molecule has 0 aromatic heterocycles. The normalized spacial score (nSPS) is 10.4. The zero-order valence-electron chi connectivity index (χ0n) is 18.5. The number of benzene rings is 3. The third-order valence-electron chi connectivity index (χ3n) is 5.56. The van der Waals surface area contributed by atoms with Gasteiger partial charge in [-0.1, -0.05) is 19.0 Å². The fourth-order valence-corrected chi connectivity index (χ4v) is 3.97. The summed E-state index contributed by atoms with van der Waals surface area (Å²) in [4.78, 5) is 6.99. The van der Waals surface area contributed by atoms with Crippen LogP contribution in [-0.4, -0.2) is 26.2 Å². The second kappa shape index (κ2) is 11.7. The molecule has 0 radical (unpaired) electrons. The number of hydrogen-bond donors (Lipinski definition) is 0. The van der Waals surface area contributed by atoms with Gasteiger partial charge < -0.3 is 14.7 Å². The molecule has 0 spiro atoms. The Morgan fingerprint density at radius 3 is 1.03 bits per heavy atom. The minimum Gasteiger partial charge on any atom is -0.372 e. The van der Waals surface area contributed by atoms with E-state index in [2.05, 4.69) is 103 Å². The van der Waals surface area contributed by atoms with E-state index < -0.39 is 0 Å². The first kappa shape index (κ1) is 24.6. The van der Waals surface area contributed by atoms with Crippen molar-refractivity contribution in [3.63, 3.8) is 0 Å². The molecular weight excluding hydrogens is 402 g/mol. The molecule has 166 valence electrons. The van der Waals surface area contributed by atoms with Crippen LogP contribution in [0.5, 0.6) is 0 Å². The van der Waals surface area contributed by atoms with E-state index in [1.807, 2.05) is 12.1 Å². The van der Waals surface area contributed by atoms with Crippen molar-refractivity contribution in [2.24, 2.45) is 0 Å². The molecule has 0 saturated carbocycles. The summed E-state index contributed by atoms with van der Waals surface area (Å²) in [7, 11) is 0. The van der Waals surface area contributed by atoms with Crippen LogP contribution in [0.1, 0.15) is 35.1 Å². The van der Waals surface area contributed by atoms with Crippen molar-refractivity contribution < 1.29 is 0 Å². The summed E-state index contributed by atoms with van der Waals surface area (Å²) >= 11 is 6.15. The Labute approximate surface area is 193 Å². The van der Waals surface area contributed by atoms with Crippen LogP contribution >= 0.6 is 11.6 Å². The second-order valence-electron chi connectivity index (χ2n) is 7.19. The van der Waals surface area contributed by atoms with Gasteiger partial charge in [0.15, 0.2) is 0 Å². The van der Waals surface area contributed by atoms with Gasteiger partial charge in [0.1, 0.15) is 0 Å². The minimum atomic E-state index is 0. The maximum absolute atomic E-state index is 6.15. The Hall–Kier alpha value is -2.65. The van der Waals surface area contributed by atoms with Crippen molar-refractivity contribution in [3.8, 4) is 0 Å². The van der Waals surface area contributed by atoms with Crippen LogP contribution < -0.4 is 14.7 Å². The van der Waals surface area contributed by atoms with Gasteiger partial charge in [0, 0.05) is 59.6 Å². The van der Waals surface area contributed by atoms with Crippen molar-refractivity contribution in [2.45, 2.75) is 35.1 Å². The van der Waals surface area contributed by atoms with Crippen molar-refractivity contribution in [1.29, 1.82) is 0 Å². The lowest BCUT2D eigenvalue weighted by molar-refractivity contribution is 0.866. The molecule has 0 aliphatic carbocycles. The molecule has 3 aromatic carbocycles. The number of nitrogens with zero attached hydrogens (tertiary/aromatic N) is 3. The van der Waals surface area contributed by atoms with Gasteiger partial charge in [-0.2, -0.15) is 0 Å². The molecule has 0 atom stereocenters. The first-order valence-electron chi connectivity index (χ1n) is 10.9. The van der Waals surface area contributed by atoms with Gasteiger partial charge in [0.25, 0.3) is 0 Å². The number of rotatable bonds is 9. The molecule has 31 heavy (non-hydrogen) atoms. The number of hydrogen-bond acceptors (Lipinski definition) is 3. The molecular formula is C27H36ClN3. The summed E-state index contributed by atoms with van der Waals surface area (Å²) in [6.45, 7) is 12.8. The Morgan fingerprint density at radius 1 is 0.484 bits per heavy atom. The lowest BCUT2D eigenvalue weighted by atomic mass is 10.1. The monoisotopic (exact) mass is 437 g/mol. The minimum absolute atomic E-state index is 0. The number of anilines is 5. The number of halogens is 1. The molecule has 3 nitrogen and oxygen atoms in total. The van der Waals surface area contributed by atoms with Gasteiger partial charge >= 0.3 is 0 Å². The van der Waals surface area contributed by atoms with E-state index in [-0.39, 0.29) is 7.43 Å². The molecule has 0 N–H and O–H groups in total. The van der Waals surface area contributed by atoms with Gasteiger partial charge in [0.2, 0.25) is 0 Å². The van der Waals surface area contributed by atoms with Crippen molar-refractivity contribution in [1.82, 2.24) is 0 Å². The van der Waals surface area contributed by atoms with Crippen LogP contribution in [0.4, 0.5) is 28.4 Å². The molecule has 3 aromatic rings. The van der Waals surface area contributed by atoms with E-state index in [0.717, 1.165) is 48.3 Å². The van der Waals surface area contributed by atoms with Crippen molar-refractivity contribution in [3.05, 3.63) is 77.8 Å². The maximum atomic E-state index is 6.15. The van der Waals surface area contributed by atoms with Gasteiger partial charge in [-0.25, -0.2) is 0 Å². The SMILES string of the molecule is C.CCN(CC)c1ccc(N(c2ccc(Cl)cc2)c2ccc(N(CC)CC)cc2)cc1. The highest BCUT2D eigenvalue weighted by Crippen LogP contribution is 2.36. The topological polar surface area (TPSA) is 9.72 Å². The standard InChI is InChI=1S/C26H32ClN3.CH4/c1-5-28(6-2)22-13-17-25(18-14-22)30(24-11-9-21(27)10-12-24)26-19-15-23(16-20-26)29(7-3)8-4;/h9-20H,5-8H2,1-4H3;1H4. The molecule has 0 saturated heterocycles. The molecule has 0 fully saturated rings. The first-order valence-corrected chi connectivity index (χ1v) is 11.2. The van der Waals surface area contributed by atoms with E-state index >= 15 is 0 Å². The highest BCUT2D eigenvalue weighted by molar-refractivity contribution is 6.30. The Kier molecular flexibility index (Phi) is 9.26. The Morgan fingerprint density at radius 2 is 0.742 bits per heavy atom. The van der Waals surface area contributed by atoms with Crippen molar-refractivity contribution >= 4 is 40.0 Å². The van der Waals surface area contributed by atoms with Crippen LogP contribution in [-0.2, 0) is 0 Å². The van der Waals surface area contributed by atoms with Gasteiger partial charge in [0.05, 0.1) is 0 Å². The second-order valence-corrected chi connectivity index (χ2v) is 7.63. The largest absolute Gasteiger partial charge is 0.372 e. The summed E-state index contributed by atoms with van der Waals surface area (Å²) in [6, 6.07) is 25.6. The van der Waals surface area contributed by atoms with E-state index in [1.54, 1.807) is 0 Å². The fraction of sp³-hybridized carbons (Fsp3) is 0.333. The fourth-order valence-electron chi connectivity index (χ4n) is 3.84. The summed E-state index contributed by atoms with van der Waals surface area (Å²) in [5, 5.41) is 0.743. The highest BCUT2D eigenvalue weighted by atomic mass is 35.5.